The van der Waals surface area contributed by atoms with Gasteiger partial charge in [0.1, 0.15) is 5.60 Å². The molecule has 0 saturated heterocycles. The number of hydrogen-bond donors (Lipinski definition) is 0. The Morgan fingerprint density at radius 1 is 0.828 bits per heavy atom. The summed E-state index contributed by atoms with van der Waals surface area (Å²) >= 11 is 0. The Balaban J connectivity index is 2.07. The number of hydrogen-bond acceptors (Lipinski definition) is 3. The molecule has 3 rings (SSSR count). The Morgan fingerprint density at radius 2 is 1.24 bits per heavy atom. The van der Waals surface area contributed by atoms with Gasteiger partial charge in [-0.15, -0.1) is 0 Å². The summed E-state index contributed by atoms with van der Waals surface area (Å²) in [5.41, 5.74) is 3.13. The third kappa shape index (κ3) is 4.74. The number of rotatable bonds is 8. The van der Waals surface area contributed by atoms with Crippen LogP contribution in [0, 0.1) is 11.3 Å². The molecule has 3 aromatic carbocycles. The summed E-state index contributed by atoms with van der Waals surface area (Å²) in [6.07, 6.45) is 2.39. The zero-order chi connectivity index (χ0) is 20.5. The highest BCUT2D eigenvalue weighted by atomic mass is 16.5. The van der Waals surface area contributed by atoms with Crippen LogP contribution in [0.3, 0.4) is 0 Å². The minimum absolute atomic E-state index is 0.423. The van der Waals surface area contributed by atoms with Gasteiger partial charge in [0.25, 0.3) is 0 Å². The highest BCUT2D eigenvalue weighted by molar-refractivity contribution is 5.47. The summed E-state index contributed by atoms with van der Waals surface area (Å²) in [4.78, 5) is 1.89. The van der Waals surface area contributed by atoms with Gasteiger partial charge in [-0.05, 0) is 16.7 Å². The Bertz CT molecular complexity index is 861. The van der Waals surface area contributed by atoms with Crippen LogP contribution < -0.4 is 0 Å². The van der Waals surface area contributed by atoms with E-state index in [0.29, 0.717) is 18.6 Å². The highest BCUT2D eigenvalue weighted by Gasteiger charge is 2.37. The Hall–Kier alpha value is -3.35. The molecule has 0 unspecified atom stereocenters. The predicted octanol–water partition coefficient (Wildman–Crippen LogP) is 5.35. The van der Waals surface area contributed by atoms with Crippen LogP contribution in [-0.2, 0) is 10.3 Å². The van der Waals surface area contributed by atoms with E-state index in [1.54, 1.807) is 0 Å². The molecule has 3 heteroatoms. The molecule has 0 aliphatic heterocycles. The summed E-state index contributed by atoms with van der Waals surface area (Å²) in [6.45, 7) is 0.423. The molecular weight excluding hydrogens is 356 g/mol. The molecule has 0 aliphatic carbocycles. The lowest BCUT2D eigenvalue weighted by molar-refractivity contribution is 0.0150. The molecule has 0 atom stereocenters. The van der Waals surface area contributed by atoms with E-state index in [1.807, 2.05) is 79.8 Å². The number of ether oxygens (including phenoxy) is 1. The first-order valence-electron chi connectivity index (χ1n) is 9.74. The molecule has 0 saturated carbocycles. The first-order chi connectivity index (χ1) is 14.2. The van der Waals surface area contributed by atoms with Crippen molar-refractivity contribution in [2.75, 3.05) is 20.7 Å². The van der Waals surface area contributed by atoms with Crippen LogP contribution in [0.2, 0.25) is 0 Å². The molecular formula is C26H26N2O. The molecule has 0 fully saturated rings. The smallest absolute Gasteiger partial charge is 0.143 e. The van der Waals surface area contributed by atoms with Crippen LogP contribution in [0.15, 0.2) is 103 Å². The summed E-state index contributed by atoms with van der Waals surface area (Å²) in [6, 6.07) is 33.1. The topological polar surface area (TPSA) is 36.3 Å². The summed E-state index contributed by atoms with van der Waals surface area (Å²) in [5.74, 6) is 0. The lowest BCUT2D eigenvalue weighted by Gasteiger charge is -2.36. The first kappa shape index (κ1) is 20.4. The lowest BCUT2D eigenvalue weighted by atomic mass is 9.80. The Labute approximate surface area is 173 Å². The van der Waals surface area contributed by atoms with Crippen molar-refractivity contribution in [1.82, 2.24) is 4.90 Å². The molecule has 3 aromatic rings. The third-order valence-corrected chi connectivity index (χ3v) is 4.79. The molecule has 0 aromatic heterocycles. The SMILES string of the molecule is CN(C)/C=C(/C#N)CCOC(c1ccccc1)(c1ccccc1)c1ccccc1. The van der Waals surface area contributed by atoms with Crippen LogP contribution in [0.1, 0.15) is 23.1 Å². The van der Waals surface area contributed by atoms with Crippen molar-refractivity contribution < 1.29 is 4.74 Å². The molecule has 0 aliphatic rings. The van der Waals surface area contributed by atoms with E-state index < -0.39 is 5.60 Å². The van der Waals surface area contributed by atoms with Crippen LogP contribution in [-0.4, -0.2) is 25.6 Å². The van der Waals surface area contributed by atoms with E-state index in [0.717, 1.165) is 16.7 Å². The molecule has 0 N–H and O–H groups in total. The maximum Gasteiger partial charge on any atom is 0.143 e. The summed E-state index contributed by atoms with van der Waals surface area (Å²) in [7, 11) is 3.83. The van der Waals surface area contributed by atoms with Crippen molar-refractivity contribution in [2.24, 2.45) is 0 Å². The first-order valence-corrected chi connectivity index (χ1v) is 9.74. The standard InChI is InChI=1S/C26H26N2O/c1-28(2)21-22(20-27)18-19-29-26(23-12-6-3-7-13-23,24-14-8-4-9-15-24)25-16-10-5-11-17-25/h3-17,21H,18-19H2,1-2H3/b22-21+. The van der Waals surface area contributed by atoms with E-state index in [2.05, 4.69) is 42.5 Å². The maximum atomic E-state index is 9.45. The summed E-state index contributed by atoms with van der Waals surface area (Å²) < 4.78 is 6.69. The van der Waals surface area contributed by atoms with Crippen molar-refractivity contribution >= 4 is 0 Å². The largest absolute Gasteiger partial charge is 0.383 e. The van der Waals surface area contributed by atoms with E-state index in [-0.39, 0.29) is 0 Å². The van der Waals surface area contributed by atoms with E-state index in [4.69, 9.17) is 4.74 Å². The number of nitrogens with zero attached hydrogens (tertiary/aromatic N) is 2. The second-order valence-corrected chi connectivity index (χ2v) is 7.11. The van der Waals surface area contributed by atoms with Crippen molar-refractivity contribution in [3.8, 4) is 6.07 Å². The third-order valence-electron chi connectivity index (χ3n) is 4.79. The van der Waals surface area contributed by atoms with Crippen LogP contribution in [0.5, 0.6) is 0 Å². The minimum Gasteiger partial charge on any atom is -0.383 e. The fourth-order valence-corrected chi connectivity index (χ4v) is 3.54. The van der Waals surface area contributed by atoms with Gasteiger partial charge in [-0.1, -0.05) is 91.0 Å². The maximum absolute atomic E-state index is 9.45. The average molecular weight is 383 g/mol. The van der Waals surface area contributed by atoms with Gasteiger partial charge in [0, 0.05) is 32.3 Å². The zero-order valence-corrected chi connectivity index (χ0v) is 17.0. The fraction of sp³-hybridized carbons (Fsp3) is 0.192. The van der Waals surface area contributed by atoms with Crippen LogP contribution in [0.25, 0.3) is 0 Å². The predicted molar refractivity (Wildman–Crippen MR) is 117 cm³/mol. The molecule has 0 spiro atoms. The molecule has 0 heterocycles. The van der Waals surface area contributed by atoms with Crippen molar-refractivity contribution in [3.63, 3.8) is 0 Å². The van der Waals surface area contributed by atoms with Gasteiger partial charge in [-0.25, -0.2) is 0 Å². The Kier molecular flexibility index (Phi) is 6.84. The quantitative estimate of drug-likeness (QED) is 0.389. The van der Waals surface area contributed by atoms with Crippen molar-refractivity contribution in [3.05, 3.63) is 119 Å². The second kappa shape index (κ2) is 9.73. The van der Waals surface area contributed by atoms with Crippen molar-refractivity contribution in [2.45, 2.75) is 12.0 Å². The zero-order valence-electron chi connectivity index (χ0n) is 17.0. The lowest BCUT2D eigenvalue weighted by Crippen LogP contribution is -2.33. The Morgan fingerprint density at radius 3 is 1.59 bits per heavy atom. The monoisotopic (exact) mass is 382 g/mol. The van der Waals surface area contributed by atoms with Gasteiger partial charge in [-0.2, -0.15) is 5.26 Å². The van der Waals surface area contributed by atoms with Crippen LogP contribution >= 0.6 is 0 Å². The van der Waals surface area contributed by atoms with Gasteiger partial charge >= 0.3 is 0 Å². The fourth-order valence-electron chi connectivity index (χ4n) is 3.54. The van der Waals surface area contributed by atoms with Crippen molar-refractivity contribution in [1.29, 1.82) is 5.26 Å². The van der Waals surface area contributed by atoms with Gasteiger partial charge in [0.15, 0.2) is 0 Å². The van der Waals surface area contributed by atoms with E-state index in [9.17, 15) is 5.26 Å². The average Bonchev–Trinajstić information content (AvgIpc) is 2.77. The van der Waals surface area contributed by atoms with Gasteiger partial charge in [-0.3, -0.25) is 0 Å². The normalized spacial score (nSPS) is 11.7. The van der Waals surface area contributed by atoms with Gasteiger partial charge < -0.3 is 9.64 Å². The van der Waals surface area contributed by atoms with E-state index >= 15 is 0 Å². The molecule has 0 bridgehead atoms. The molecule has 146 valence electrons. The highest BCUT2D eigenvalue weighted by Crippen LogP contribution is 2.40. The minimum atomic E-state index is -0.748. The van der Waals surface area contributed by atoms with E-state index in [1.165, 1.54) is 0 Å². The molecule has 29 heavy (non-hydrogen) atoms. The summed E-state index contributed by atoms with van der Waals surface area (Å²) in [5, 5.41) is 9.45. The van der Waals surface area contributed by atoms with Gasteiger partial charge in [0.05, 0.1) is 12.7 Å². The number of nitriles is 1. The molecule has 0 amide bonds. The van der Waals surface area contributed by atoms with Crippen LogP contribution in [0.4, 0.5) is 0 Å². The second-order valence-electron chi connectivity index (χ2n) is 7.11. The number of benzene rings is 3. The van der Waals surface area contributed by atoms with Gasteiger partial charge in [0.2, 0.25) is 0 Å². The molecule has 0 radical (unpaired) electrons. The molecule has 3 nitrogen and oxygen atoms in total.